The zero-order valence-electron chi connectivity index (χ0n) is 13.2. The van der Waals surface area contributed by atoms with Gasteiger partial charge >= 0.3 is 0 Å². The molecule has 2 aromatic carbocycles. The number of benzene rings is 2. The highest BCUT2D eigenvalue weighted by atomic mass is 16.5. The Balaban J connectivity index is 1.85. The summed E-state index contributed by atoms with van der Waals surface area (Å²) in [6, 6.07) is 16.4. The summed E-state index contributed by atoms with van der Waals surface area (Å²) in [5.74, 6) is 1.13. The molecule has 0 saturated carbocycles. The van der Waals surface area contributed by atoms with Crippen molar-refractivity contribution in [3.63, 3.8) is 0 Å². The quantitative estimate of drug-likeness (QED) is 0.725. The van der Waals surface area contributed by atoms with E-state index in [9.17, 15) is 4.79 Å². The molecule has 0 unspecified atom stereocenters. The van der Waals surface area contributed by atoms with Crippen LogP contribution in [-0.2, 0) is 13.0 Å². The first kappa shape index (κ1) is 14.1. The first-order valence-corrected chi connectivity index (χ1v) is 8.04. The van der Waals surface area contributed by atoms with Gasteiger partial charge in [0, 0.05) is 23.9 Å². The van der Waals surface area contributed by atoms with Crippen LogP contribution in [-0.4, -0.2) is 17.5 Å². The molecule has 3 nitrogen and oxygen atoms in total. The van der Waals surface area contributed by atoms with Gasteiger partial charge in [-0.25, -0.2) is 0 Å². The van der Waals surface area contributed by atoms with E-state index < -0.39 is 0 Å². The summed E-state index contributed by atoms with van der Waals surface area (Å²) in [5.41, 5.74) is 4.47. The van der Waals surface area contributed by atoms with E-state index in [1.54, 1.807) is 7.11 Å². The van der Waals surface area contributed by atoms with E-state index in [1.807, 2.05) is 18.2 Å². The summed E-state index contributed by atoms with van der Waals surface area (Å²) in [7, 11) is 1.67. The van der Waals surface area contributed by atoms with Gasteiger partial charge in [0.05, 0.1) is 12.8 Å². The Morgan fingerprint density at radius 3 is 2.61 bits per heavy atom. The van der Waals surface area contributed by atoms with E-state index in [0.717, 1.165) is 29.8 Å². The summed E-state index contributed by atoms with van der Waals surface area (Å²) in [6.45, 7) is 0.714. The number of hydrogen-bond donors (Lipinski definition) is 0. The number of methoxy groups -OCH3 is 1. The predicted octanol–water partition coefficient (Wildman–Crippen LogP) is 4.22. The lowest BCUT2D eigenvalue weighted by molar-refractivity contribution is 0.0964. The van der Waals surface area contributed by atoms with Crippen LogP contribution in [0.15, 0.2) is 48.5 Å². The molecule has 0 saturated heterocycles. The van der Waals surface area contributed by atoms with Crippen molar-refractivity contribution in [3.05, 3.63) is 65.4 Å². The van der Waals surface area contributed by atoms with Crippen molar-refractivity contribution < 1.29 is 9.53 Å². The Hall–Kier alpha value is -2.55. The molecule has 23 heavy (non-hydrogen) atoms. The van der Waals surface area contributed by atoms with Crippen LogP contribution >= 0.6 is 0 Å². The zero-order chi connectivity index (χ0) is 15.8. The third-order valence-electron chi connectivity index (χ3n) is 4.67. The first-order valence-electron chi connectivity index (χ1n) is 8.04. The maximum atomic E-state index is 12.5. The van der Waals surface area contributed by atoms with Crippen LogP contribution in [0.1, 0.15) is 34.5 Å². The summed E-state index contributed by atoms with van der Waals surface area (Å²) in [6.07, 6.45) is 2.62. The van der Waals surface area contributed by atoms with E-state index in [1.165, 1.54) is 16.5 Å². The molecular formula is C20H19NO2. The molecule has 0 amide bonds. The van der Waals surface area contributed by atoms with Gasteiger partial charge in [0.25, 0.3) is 0 Å². The van der Waals surface area contributed by atoms with E-state index in [2.05, 4.69) is 34.9 Å². The molecule has 3 heteroatoms. The van der Waals surface area contributed by atoms with Crippen molar-refractivity contribution in [2.24, 2.45) is 0 Å². The van der Waals surface area contributed by atoms with Crippen molar-refractivity contribution in [2.75, 3.05) is 7.11 Å². The summed E-state index contributed by atoms with van der Waals surface area (Å²) in [5, 5.41) is 1.23. The van der Waals surface area contributed by atoms with Crippen molar-refractivity contribution in [1.29, 1.82) is 0 Å². The average Bonchev–Trinajstić information content (AvgIpc) is 2.91. The smallest absolute Gasteiger partial charge is 0.179 e. The number of rotatable bonds is 3. The van der Waals surface area contributed by atoms with Crippen molar-refractivity contribution in [2.45, 2.75) is 25.8 Å². The summed E-state index contributed by atoms with van der Waals surface area (Å²) < 4.78 is 7.41. The van der Waals surface area contributed by atoms with Crippen LogP contribution in [0.25, 0.3) is 10.9 Å². The normalized spacial score (nSPS) is 14.0. The molecule has 116 valence electrons. The van der Waals surface area contributed by atoms with Gasteiger partial charge < -0.3 is 9.30 Å². The fraction of sp³-hybridized carbons (Fsp3) is 0.250. The predicted molar refractivity (Wildman–Crippen MR) is 91.3 cm³/mol. The van der Waals surface area contributed by atoms with E-state index >= 15 is 0 Å². The van der Waals surface area contributed by atoms with Crippen LogP contribution in [0.2, 0.25) is 0 Å². The number of nitrogens with zero attached hydrogens (tertiary/aromatic N) is 1. The summed E-state index contributed by atoms with van der Waals surface area (Å²) >= 11 is 0. The number of Topliss-reactive ketones (excluding diaryl/α,β-unsaturated/α-hetero) is 1. The second kappa shape index (κ2) is 5.58. The SMILES string of the molecule is COc1ccc(Cn2c3c(c4ccccc42)CCCC3=O)cc1. The fourth-order valence-electron chi connectivity index (χ4n) is 3.57. The van der Waals surface area contributed by atoms with Gasteiger partial charge in [0.1, 0.15) is 5.75 Å². The van der Waals surface area contributed by atoms with Gasteiger partial charge in [-0.05, 0) is 42.2 Å². The Bertz CT molecular complexity index is 875. The Labute approximate surface area is 135 Å². The number of ketones is 1. The molecule has 0 bridgehead atoms. The molecule has 0 radical (unpaired) electrons. The number of para-hydroxylation sites is 1. The van der Waals surface area contributed by atoms with Crippen LogP contribution < -0.4 is 4.74 Å². The third kappa shape index (κ3) is 2.33. The molecular weight excluding hydrogens is 286 g/mol. The van der Waals surface area contributed by atoms with Crippen LogP contribution in [0.4, 0.5) is 0 Å². The topological polar surface area (TPSA) is 31.2 Å². The zero-order valence-corrected chi connectivity index (χ0v) is 13.2. The molecule has 0 N–H and O–H groups in total. The molecule has 1 aliphatic carbocycles. The number of fused-ring (bicyclic) bond motifs is 3. The number of aryl methyl sites for hydroxylation is 1. The van der Waals surface area contributed by atoms with Crippen LogP contribution in [0.5, 0.6) is 5.75 Å². The lowest BCUT2D eigenvalue weighted by Crippen LogP contribution is -2.15. The minimum Gasteiger partial charge on any atom is -0.497 e. The number of ether oxygens (including phenoxy) is 1. The monoisotopic (exact) mass is 305 g/mol. The minimum absolute atomic E-state index is 0.274. The second-order valence-corrected chi connectivity index (χ2v) is 6.06. The second-order valence-electron chi connectivity index (χ2n) is 6.06. The first-order chi connectivity index (χ1) is 11.3. The molecule has 4 rings (SSSR count). The fourth-order valence-corrected chi connectivity index (χ4v) is 3.57. The molecule has 0 fully saturated rings. The Morgan fingerprint density at radius 1 is 1.04 bits per heavy atom. The number of carbonyl (C=O) groups is 1. The minimum atomic E-state index is 0.274. The van der Waals surface area contributed by atoms with E-state index in [0.29, 0.717) is 13.0 Å². The lowest BCUT2D eigenvalue weighted by Gasteiger charge is -2.15. The molecule has 3 aromatic rings. The number of carbonyl (C=O) groups excluding carboxylic acids is 1. The standard InChI is InChI=1S/C20H19NO2/c1-23-15-11-9-14(10-12-15)13-21-18-7-3-2-5-16(18)17-6-4-8-19(22)20(17)21/h2-3,5,7,9-12H,4,6,8,13H2,1H3. The highest BCUT2D eigenvalue weighted by Crippen LogP contribution is 2.32. The third-order valence-corrected chi connectivity index (χ3v) is 4.67. The van der Waals surface area contributed by atoms with Gasteiger partial charge in [0.2, 0.25) is 0 Å². The Kier molecular flexibility index (Phi) is 3.41. The lowest BCUT2D eigenvalue weighted by atomic mass is 9.94. The van der Waals surface area contributed by atoms with Gasteiger partial charge in [-0.2, -0.15) is 0 Å². The Morgan fingerprint density at radius 2 is 1.83 bits per heavy atom. The van der Waals surface area contributed by atoms with Gasteiger partial charge in [-0.1, -0.05) is 30.3 Å². The molecule has 1 heterocycles. The highest BCUT2D eigenvalue weighted by molar-refractivity contribution is 6.04. The van der Waals surface area contributed by atoms with E-state index in [4.69, 9.17) is 4.74 Å². The van der Waals surface area contributed by atoms with Crippen molar-refractivity contribution in [3.8, 4) is 5.75 Å². The van der Waals surface area contributed by atoms with Crippen molar-refractivity contribution >= 4 is 16.7 Å². The van der Waals surface area contributed by atoms with Crippen LogP contribution in [0, 0.1) is 0 Å². The molecule has 0 atom stereocenters. The van der Waals surface area contributed by atoms with Gasteiger partial charge in [-0.15, -0.1) is 0 Å². The number of hydrogen-bond acceptors (Lipinski definition) is 2. The molecule has 0 aliphatic heterocycles. The maximum Gasteiger partial charge on any atom is 0.179 e. The highest BCUT2D eigenvalue weighted by Gasteiger charge is 2.25. The van der Waals surface area contributed by atoms with Crippen molar-refractivity contribution in [1.82, 2.24) is 4.57 Å². The van der Waals surface area contributed by atoms with Gasteiger partial charge in [0.15, 0.2) is 5.78 Å². The number of aromatic nitrogens is 1. The molecule has 1 aromatic heterocycles. The summed E-state index contributed by atoms with van der Waals surface area (Å²) in [4.78, 5) is 12.5. The van der Waals surface area contributed by atoms with E-state index in [-0.39, 0.29) is 5.78 Å². The molecule has 1 aliphatic rings. The largest absolute Gasteiger partial charge is 0.497 e. The average molecular weight is 305 g/mol. The van der Waals surface area contributed by atoms with Crippen LogP contribution in [0.3, 0.4) is 0 Å². The van der Waals surface area contributed by atoms with Gasteiger partial charge in [-0.3, -0.25) is 4.79 Å². The maximum absolute atomic E-state index is 12.5. The molecule has 0 spiro atoms.